The lowest BCUT2D eigenvalue weighted by Crippen LogP contribution is -2.44. The van der Waals surface area contributed by atoms with Crippen LogP contribution in [0.2, 0.25) is 0 Å². The number of aromatic nitrogens is 1. The van der Waals surface area contributed by atoms with Gasteiger partial charge < -0.3 is 20.7 Å². The number of fused-ring (bicyclic) bond motifs is 1. The fourth-order valence-corrected chi connectivity index (χ4v) is 2.73. The van der Waals surface area contributed by atoms with E-state index in [0.29, 0.717) is 5.69 Å². The van der Waals surface area contributed by atoms with E-state index < -0.39 is 18.0 Å². The minimum absolute atomic E-state index is 0.195. The molecule has 2 aromatic carbocycles. The zero-order valence-corrected chi connectivity index (χ0v) is 13.7. The van der Waals surface area contributed by atoms with E-state index in [4.69, 9.17) is 0 Å². The van der Waals surface area contributed by atoms with Gasteiger partial charge in [0, 0.05) is 29.2 Å². The molecule has 1 atom stereocenters. The van der Waals surface area contributed by atoms with Gasteiger partial charge in [0.05, 0.1) is 0 Å². The van der Waals surface area contributed by atoms with Crippen LogP contribution in [0.15, 0.2) is 54.7 Å². The SMILES string of the molecule is Cc1ccc2[nH]cc(CC(NC(=O)Nc3ccccc3)C(=O)O)c2c1. The van der Waals surface area contributed by atoms with Crippen molar-refractivity contribution < 1.29 is 14.7 Å². The highest BCUT2D eigenvalue weighted by Crippen LogP contribution is 2.21. The number of aliphatic carboxylic acids is 1. The number of H-pyrrole nitrogens is 1. The smallest absolute Gasteiger partial charge is 0.326 e. The minimum atomic E-state index is -1.08. The largest absolute Gasteiger partial charge is 0.480 e. The monoisotopic (exact) mass is 337 g/mol. The number of benzene rings is 2. The van der Waals surface area contributed by atoms with Crippen LogP contribution in [0.1, 0.15) is 11.1 Å². The fourth-order valence-electron chi connectivity index (χ4n) is 2.73. The molecule has 0 saturated carbocycles. The van der Waals surface area contributed by atoms with Crippen molar-refractivity contribution in [3.8, 4) is 0 Å². The molecular formula is C19H19N3O3. The van der Waals surface area contributed by atoms with Gasteiger partial charge in [-0.1, -0.05) is 29.8 Å². The van der Waals surface area contributed by atoms with Crippen LogP contribution in [0.5, 0.6) is 0 Å². The molecule has 0 aliphatic rings. The van der Waals surface area contributed by atoms with Crippen LogP contribution in [0.3, 0.4) is 0 Å². The Balaban J connectivity index is 1.73. The van der Waals surface area contributed by atoms with Crippen molar-refractivity contribution in [2.45, 2.75) is 19.4 Å². The van der Waals surface area contributed by atoms with Crippen LogP contribution in [-0.2, 0) is 11.2 Å². The Hall–Kier alpha value is -3.28. The fraction of sp³-hybridized carbons (Fsp3) is 0.158. The number of amides is 2. The molecule has 3 rings (SSSR count). The minimum Gasteiger partial charge on any atom is -0.480 e. The van der Waals surface area contributed by atoms with Crippen LogP contribution < -0.4 is 10.6 Å². The summed E-state index contributed by atoms with van der Waals surface area (Å²) in [6.07, 6.45) is 1.98. The molecule has 4 N–H and O–H groups in total. The van der Waals surface area contributed by atoms with Crippen LogP contribution >= 0.6 is 0 Å². The number of anilines is 1. The topological polar surface area (TPSA) is 94.2 Å². The number of carboxylic acid groups (broad SMARTS) is 1. The Bertz CT molecular complexity index is 903. The molecule has 1 heterocycles. The van der Waals surface area contributed by atoms with Gasteiger partial charge in [0.2, 0.25) is 0 Å². The summed E-state index contributed by atoms with van der Waals surface area (Å²) in [7, 11) is 0. The summed E-state index contributed by atoms with van der Waals surface area (Å²) in [5.41, 5.74) is 3.49. The zero-order valence-electron chi connectivity index (χ0n) is 13.7. The van der Waals surface area contributed by atoms with Crippen molar-refractivity contribution in [2.24, 2.45) is 0 Å². The molecule has 0 aliphatic carbocycles. The van der Waals surface area contributed by atoms with Crippen LogP contribution in [-0.4, -0.2) is 28.1 Å². The first kappa shape index (κ1) is 16.6. The highest BCUT2D eigenvalue weighted by molar-refractivity contribution is 5.92. The maximum Gasteiger partial charge on any atom is 0.326 e. The number of carboxylic acids is 1. The highest BCUT2D eigenvalue weighted by Gasteiger charge is 2.22. The number of para-hydroxylation sites is 1. The predicted octanol–water partition coefficient (Wildman–Crippen LogP) is 3.29. The van der Waals surface area contributed by atoms with E-state index in [2.05, 4.69) is 15.6 Å². The lowest BCUT2D eigenvalue weighted by molar-refractivity contribution is -0.139. The molecule has 0 bridgehead atoms. The number of carbonyl (C=O) groups is 2. The predicted molar refractivity (Wildman–Crippen MR) is 96.8 cm³/mol. The number of nitrogens with one attached hydrogen (secondary N) is 3. The molecule has 6 nitrogen and oxygen atoms in total. The molecule has 3 aromatic rings. The number of aromatic amines is 1. The first-order valence-electron chi connectivity index (χ1n) is 7.95. The molecule has 0 fully saturated rings. The van der Waals surface area contributed by atoms with Crippen molar-refractivity contribution >= 4 is 28.6 Å². The standard InChI is InChI=1S/C19H19N3O3/c1-12-7-8-16-15(9-12)13(11-20-16)10-17(18(23)24)22-19(25)21-14-5-3-2-4-6-14/h2-9,11,17,20H,10H2,1H3,(H,23,24)(H2,21,22,25). The molecule has 2 amide bonds. The zero-order chi connectivity index (χ0) is 17.8. The number of carbonyl (C=O) groups excluding carboxylic acids is 1. The molecule has 1 aromatic heterocycles. The summed E-state index contributed by atoms with van der Waals surface area (Å²) >= 11 is 0. The van der Waals surface area contributed by atoms with E-state index in [1.54, 1.807) is 30.5 Å². The summed E-state index contributed by atoms with van der Waals surface area (Å²) in [5, 5.41) is 15.6. The van der Waals surface area contributed by atoms with Gasteiger partial charge in [-0.3, -0.25) is 0 Å². The van der Waals surface area contributed by atoms with E-state index >= 15 is 0 Å². The Morgan fingerprint density at radius 3 is 2.64 bits per heavy atom. The number of aryl methyl sites for hydroxylation is 1. The summed E-state index contributed by atoms with van der Waals surface area (Å²) in [5.74, 6) is -1.08. The Labute approximate surface area is 144 Å². The summed E-state index contributed by atoms with van der Waals surface area (Å²) in [6.45, 7) is 1.98. The van der Waals surface area contributed by atoms with Gasteiger partial charge in [-0.2, -0.15) is 0 Å². The third-order valence-corrected chi connectivity index (χ3v) is 3.98. The maximum atomic E-state index is 12.1. The average Bonchev–Trinajstić information content (AvgIpc) is 2.97. The van der Waals surface area contributed by atoms with Crippen molar-refractivity contribution in [1.82, 2.24) is 10.3 Å². The molecule has 0 aliphatic heterocycles. The van der Waals surface area contributed by atoms with Gasteiger partial charge in [0.25, 0.3) is 0 Å². The molecule has 0 saturated heterocycles. The van der Waals surface area contributed by atoms with Gasteiger partial charge in [0.15, 0.2) is 0 Å². The third kappa shape index (κ3) is 3.98. The first-order chi connectivity index (χ1) is 12.0. The number of rotatable bonds is 5. The molecular weight excluding hydrogens is 318 g/mol. The van der Waals surface area contributed by atoms with Crippen molar-refractivity contribution in [3.63, 3.8) is 0 Å². The molecule has 0 radical (unpaired) electrons. The normalized spacial score (nSPS) is 11.9. The van der Waals surface area contributed by atoms with E-state index in [1.165, 1.54) is 0 Å². The molecule has 1 unspecified atom stereocenters. The summed E-state index contributed by atoms with van der Waals surface area (Å²) in [4.78, 5) is 26.8. The molecule has 6 heteroatoms. The van der Waals surface area contributed by atoms with Gasteiger partial charge in [-0.25, -0.2) is 9.59 Å². The van der Waals surface area contributed by atoms with Crippen LogP contribution in [0, 0.1) is 6.92 Å². The van der Waals surface area contributed by atoms with Crippen molar-refractivity contribution in [2.75, 3.05) is 5.32 Å². The third-order valence-electron chi connectivity index (χ3n) is 3.98. The van der Waals surface area contributed by atoms with Crippen molar-refractivity contribution in [1.29, 1.82) is 0 Å². The van der Waals surface area contributed by atoms with E-state index in [1.807, 2.05) is 31.2 Å². The van der Waals surface area contributed by atoms with E-state index in [-0.39, 0.29) is 6.42 Å². The number of hydrogen-bond donors (Lipinski definition) is 4. The number of urea groups is 1. The van der Waals surface area contributed by atoms with Crippen molar-refractivity contribution in [3.05, 3.63) is 65.9 Å². The average molecular weight is 337 g/mol. The van der Waals surface area contributed by atoms with Gasteiger partial charge in [0.1, 0.15) is 6.04 Å². The lowest BCUT2D eigenvalue weighted by Gasteiger charge is -2.15. The Morgan fingerprint density at radius 2 is 1.92 bits per heavy atom. The van der Waals surface area contributed by atoms with Crippen LogP contribution in [0.4, 0.5) is 10.5 Å². The maximum absolute atomic E-state index is 12.1. The van der Waals surface area contributed by atoms with E-state index in [9.17, 15) is 14.7 Å². The second-order valence-corrected chi connectivity index (χ2v) is 5.92. The summed E-state index contributed by atoms with van der Waals surface area (Å²) < 4.78 is 0. The highest BCUT2D eigenvalue weighted by atomic mass is 16.4. The number of hydrogen-bond acceptors (Lipinski definition) is 2. The van der Waals surface area contributed by atoms with E-state index in [0.717, 1.165) is 22.0 Å². The van der Waals surface area contributed by atoms with Gasteiger partial charge in [-0.05, 0) is 36.8 Å². The second-order valence-electron chi connectivity index (χ2n) is 5.92. The molecule has 128 valence electrons. The molecule has 25 heavy (non-hydrogen) atoms. The Kier molecular flexibility index (Phi) is 4.70. The quantitative estimate of drug-likeness (QED) is 0.575. The Morgan fingerprint density at radius 1 is 1.16 bits per heavy atom. The molecule has 0 spiro atoms. The first-order valence-corrected chi connectivity index (χ1v) is 7.95. The van der Waals surface area contributed by atoms with Crippen LogP contribution in [0.25, 0.3) is 10.9 Å². The van der Waals surface area contributed by atoms with Gasteiger partial charge in [-0.15, -0.1) is 0 Å². The van der Waals surface area contributed by atoms with Gasteiger partial charge >= 0.3 is 12.0 Å². The summed E-state index contributed by atoms with van der Waals surface area (Å²) in [6, 6.07) is 13.3. The second kappa shape index (κ2) is 7.09. The lowest BCUT2D eigenvalue weighted by atomic mass is 10.0.